The second-order valence-corrected chi connectivity index (χ2v) is 5.33. The molecule has 0 spiro atoms. The van der Waals surface area contributed by atoms with E-state index in [0.29, 0.717) is 24.7 Å². The lowest BCUT2D eigenvalue weighted by Gasteiger charge is -2.22. The van der Waals surface area contributed by atoms with Crippen molar-refractivity contribution in [2.45, 2.75) is 26.2 Å². The van der Waals surface area contributed by atoms with E-state index in [1.54, 1.807) is 4.90 Å². The molecule has 114 valence electrons. The third-order valence-corrected chi connectivity index (χ3v) is 3.55. The maximum Gasteiger partial charge on any atom is 0.282 e. The SMILES string of the molecule is CCCN(CC1CC1)C(=O)c1cc(NN)ccc1[N+](=O)[O-]. The lowest BCUT2D eigenvalue weighted by Crippen LogP contribution is -2.34. The molecular weight excluding hydrogens is 272 g/mol. The minimum Gasteiger partial charge on any atom is -0.338 e. The van der Waals surface area contributed by atoms with Gasteiger partial charge in [0.25, 0.3) is 11.6 Å². The number of hydrogen-bond acceptors (Lipinski definition) is 5. The van der Waals surface area contributed by atoms with Crippen molar-refractivity contribution in [3.63, 3.8) is 0 Å². The first kappa shape index (κ1) is 15.2. The van der Waals surface area contributed by atoms with Crippen LogP contribution in [0.5, 0.6) is 0 Å². The summed E-state index contributed by atoms with van der Waals surface area (Å²) in [5, 5.41) is 11.1. The van der Waals surface area contributed by atoms with E-state index in [4.69, 9.17) is 5.84 Å². The van der Waals surface area contributed by atoms with Crippen LogP contribution in [0.4, 0.5) is 11.4 Å². The van der Waals surface area contributed by atoms with Crippen molar-refractivity contribution in [2.75, 3.05) is 18.5 Å². The highest BCUT2D eigenvalue weighted by Crippen LogP contribution is 2.31. The molecule has 0 saturated heterocycles. The second kappa shape index (κ2) is 6.53. The number of nitrogen functional groups attached to an aromatic ring is 1. The van der Waals surface area contributed by atoms with E-state index >= 15 is 0 Å². The quantitative estimate of drug-likeness (QED) is 0.455. The number of benzene rings is 1. The Bertz CT molecular complexity index is 543. The average molecular weight is 292 g/mol. The van der Waals surface area contributed by atoms with Crippen LogP contribution in [0.25, 0.3) is 0 Å². The standard InChI is InChI=1S/C14H20N4O3/c1-2-7-17(9-10-3-4-10)14(19)12-8-11(16-15)5-6-13(12)18(20)21/h5-6,8,10,16H,2-4,7,9,15H2,1H3. The summed E-state index contributed by atoms with van der Waals surface area (Å²) in [6, 6.07) is 4.24. The molecule has 0 atom stereocenters. The van der Waals surface area contributed by atoms with Crippen LogP contribution >= 0.6 is 0 Å². The summed E-state index contributed by atoms with van der Waals surface area (Å²) >= 11 is 0. The Morgan fingerprint density at radius 2 is 2.24 bits per heavy atom. The number of nitrogens with two attached hydrogens (primary N) is 1. The van der Waals surface area contributed by atoms with E-state index in [1.807, 2.05) is 6.92 Å². The molecule has 1 saturated carbocycles. The normalized spacial score (nSPS) is 13.8. The minimum atomic E-state index is -0.533. The highest BCUT2D eigenvalue weighted by Gasteiger charge is 2.30. The summed E-state index contributed by atoms with van der Waals surface area (Å²) in [6.07, 6.45) is 3.07. The van der Waals surface area contributed by atoms with Crippen LogP contribution in [0.2, 0.25) is 0 Å². The van der Waals surface area contributed by atoms with Gasteiger partial charge in [-0.25, -0.2) is 0 Å². The second-order valence-electron chi connectivity index (χ2n) is 5.33. The van der Waals surface area contributed by atoms with Gasteiger partial charge in [0.1, 0.15) is 5.56 Å². The van der Waals surface area contributed by atoms with Crippen LogP contribution in [0.3, 0.4) is 0 Å². The summed E-state index contributed by atoms with van der Waals surface area (Å²) in [4.78, 5) is 24.9. The molecule has 1 aliphatic rings. The molecule has 1 aromatic carbocycles. The zero-order valence-corrected chi connectivity index (χ0v) is 12.0. The molecule has 21 heavy (non-hydrogen) atoms. The number of nitrogens with one attached hydrogen (secondary N) is 1. The largest absolute Gasteiger partial charge is 0.338 e. The van der Waals surface area contributed by atoms with Gasteiger partial charge in [-0.1, -0.05) is 6.92 Å². The van der Waals surface area contributed by atoms with E-state index in [-0.39, 0.29) is 17.2 Å². The topological polar surface area (TPSA) is 102 Å². The van der Waals surface area contributed by atoms with E-state index in [9.17, 15) is 14.9 Å². The summed E-state index contributed by atoms with van der Waals surface area (Å²) < 4.78 is 0. The molecule has 1 amide bonds. The molecular formula is C14H20N4O3. The van der Waals surface area contributed by atoms with Crippen molar-refractivity contribution < 1.29 is 9.72 Å². The molecule has 0 heterocycles. The van der Waals surface area contributed by atoms with Gasteiger partial charge in [-0.2, -0.15) is 0 Å². The number of rotatable bonds is 7. The molecule has 0 aliphatic heterocycles. The zero-order valence-electron chi connectivity index (χ0n) is 12.0. The maximum atomic E-state index is 12.6. The molecule has 0 radical (unpaired) electrons. The van der Waals surface area contributed by atoms with Gasteiger partial charge in [0.05, 0.1) is 4.92 Å². The van der Waals surface area contributed by atoms with E-state index in [0.717, 1.165) is 19.3 Å². The Balaban J connectivity index is 2.31. The molecule has 1 aliphatic carbocycles. The maximum absolute atomic E-state index is 12.6. The number of carbonyl (C=O) groups is 1. The van der Waals surface area contributed by atoms with Crippen LogP contribution in [0.1, 0.15) is 36.5 Å². The fourth-order valence-corrected chi connectivity index (χ4v) is 2.28. The molecule has 7 heteroatoms. The number of amides is 1. The van der Waals surface area contributed by atoms with Crippen LogP contribution in [0, 0.1) is 16.0 Å². The number of nitrogens with zero attached hydrogens (tertiary/aromatic N) is 2. The Morgan fingerprint density at radius 3 is 2.76 bits per heavy atom. The van der Waals surface area contributed by atoms with Gasteiger partial charge in [0, 0.05) is 24.8 Å². The lowest BCUT2D eigenvalue weighted by molar-refractivity contribution is -0.385. The van der Waals surface area contributed by atoms with Crippen LogP contribution < -0.4 is 11.3 Å². The van der Waals surface area contributed by atoms with Crippen molar-refractivity contribution in [2.24, 2.45) is 11.8 Å². The Hall–Kier alpha value is -2.15. The predicted molar refractivity (Wildman–Crippen MR) is 79.8 cm³/mol. The highest BCUT2D eigenvalue weighted by atomic mass is 16.6. The Morgan fingerprint density at radius 1 is 1.52 bits per heavy atom. The Labute approximate surface area is 123 Å². The molecule has 2 rings (SSSR count). The van der Waals surface area contributed by atoms with Crippen molar-refractivity contribution in [3.8, 4) is 0 Å². The van der Waals surface area contributed by atoms with E-state index in [2.05, 4.69) is 5.43 Å². The number of anilines is 1. The first-order chi connectivity index (χ1) is 10.1. The zero-order chi connectivity index (χ0) is 15.4. The first-order valence-corrected chi connectivity index (χ1v) is 7.11. The van der Waals surface area contributed by atoms with Gasteiger partial charge >= 0.3 is 0 Å². The molecule has 0 bridgehead atoms. The number of nitro benzene ring substituents is 1. The number of hydrazine groups is 1. The van der Waals surface area contributed by atoms with Crippen LogP contribution in [-0.2, 0) is 0 Å². The van der Waals surface area contributed by atoms with Crippen molar-refractivity contribution >= 4 is 17.3 Å². The Kier molecular flexibility index (Phi) is 4.74. The fraction of sp³-hybridized carbons (Fsp3) is 0.500. The predicted octanol–water partition coefficient (Wildman–Crippen LogP) is 2.14. The summed E-state index contributed by atoms with van der Waals surface area (Å²) in [5.41, 5.74) is 2.80. The van der Waals surface area contributed by atoms with E-state index < -0.39 is 4.92 Å². The monoisotopic (exact) mass is 292 g/mol. The van der Waals surface area contributed by atoms with Crippen molar-refractivity contribution in [1.82, 2.24) is 4.90 Å². The van der Waals surface area contributed by atoms with Crippen LogP contribution in [-0.4, -0.2) is 28.8 Å². The third-order valence-electron chi connectivity index (χ3n) is 3.55. The number of carbonyl (C=O) groups excluding carboxylic acids is 1. The molecule has 7 nitrogen and oxygen atoms in total. The van der Waals surface area contributed by atoms with Crippen molar-refractivity contribution in [1.29, 1.82) is 0 Å². The smallest absolute Gasteiger partial charge is 0.282 e. The van der Waals surface area contributed by atoms with Gasteiger partial charge < -0.3 is 10.3 Å². The summed E-state index contributed by atoms with van der Waals surface area (Å²) in [6.45, 7) is 3.26. The molecule has 1 aromatic rings. The molecule has 3 N–H and O–H groups in total. The lowest BCUT2D eigenvalue weighted by atomic mass is 10.1. The van der Waals surface area contributed by atoms with Crippen LogP contribution in [0.15, 0.2) is 18.2 Å². The van der Waals surface area contributed by atoms with Gasteiger partial charge in [-0.15, -0.1) is 0 Å². The number of nitro groups is 1. The van der Waals surface area contributed by atoms with E-state index in [1.165, 1.54) is 18.2 Å². The average Bonchev–Trinajstić information content (AvgIpc) is 3.29. The third kappa shape index (κ3) is 3.69. The van der Waals surface area contributed by atoms with Gasteiger partial charge in [-0.05, 0) is 37.3 Å². The first-order valence-electron chi connectivity index (χ1n) is 7.11. The fourth-order valence-electron chi connectivity index (χ4n) is 2.28. The van der Waals surface area contributed by atoms with Gasteiger partial charge in [0.2, 0.25) is 0 Å². The van der Waals surface area contributed by atoms with Gasteiger partial charge in [0.15, 0.2) is 0 Å². The minimum absolute atomic E-state index is 0.0875. The summed E-state index contributed by atoms with van der Waals surface area (Å²) in [7, 11) is 0. The summed E-state index contributed by atoms with van der Waals surface area (Å²) in [5.74, 6) is 5.56. The van der Waals surface area contributed by atoms with Gasteiger partial charge in [-0.3, -0.25) is 20.8 Å². The highest BCUT2D eigenvalue weighted by molar-refractivity contribution is 5.99. The number of hydrogen-bond donors (Lipinski definition) is 2. The molecule has 0 unspecified atom stereocenters. The molecule has 0 aromatic heterocycles. The molecule has 1 fully saturated rings. The van der Waals surface area contributed by atoms with Crippen molar-refractivity contribution in [3.05, 3.63) is 33.9 Å².